The van der Waals surface area contributed by atoms with E-state index in [9.17, 15) is 14.4 Å². The molecule has 1 aliphatic rings. The lowest BCUT2D eigenvalue weighted by Crippen LogP contribution is -2.32. The summed E-state index contributed by atoms with van der Waals surface area (Å²) in [4.78, 5) is 39.0. The zero-order chi connectivity index (χ0) is 18.0. The number of hydrogen-bond acceptors (Lipinski definition) is 4. The minimum absolute atomic E-state index is 0.0378. The van der Waals surface area contributed by atoms with Crippen molar-refractivity contribution in [1.29, 1.82) is 0 Å². The SMILES string of the molecule is C[C@H](NC(=O)CCCN1C(=O)c2ccc(Br)cc2C1=O)c1cccs1. The molecule has 0 fully saturated rings. The summed E-state index contributed by atoms with van der Waals surface area (Å²) in [5, 5.41) is 4.90. The average Bonchev–Trinajstić information content (AvgIpc) is 3.18. The van der Waals surface area contributed by atoms with Gasteiger partial charge in [-0.2, -0.15) is 0 Å². The quantitative estimate of drug-likeness (QED) is 0.723. The van der Waals surface area contributed by atoms with Crippen molar-refractivity contribution in [3.8, 4) is 0 Å². The number of imide groups is 1. The van der Waals surface area contributed by atoms with Gasteiger partial charge in [-0.25, -0.2) is 0 Å². The molecule has 1 atom stereocenters. The predicted octanol–water partition coefficient (Wildman–Crippen LogP) is 3.76. The molecule has 0 saturated heterocycles. The van der Waals surface area contributed by atoms with Crippen LogP contribution < -0.4 is 5.32 Å². The van der Waals surface area contributed by atoms with Crippen molar-refractivity contribution < 1.29 is 14.4 Å². The summed E-state index contributed by atoms with van der Waals surface area (Å²) in [7, 11) is 0. The van der Waals surface area contributed by atoms with Crippen molar-refractivity contribution in [2.75, 3.05) is 6.54 Å². The number of carbonyl (C=O) groups is 3. The van der Waals surface area contributed by atoms with E-state index in [0.717, 1.165) is 9.35 Å². The van der Waals surface area contributed by atoms with Crippen LogP contribution in [0, 0.1) is 0 Å². The monoisotopic (exact) mass is 420 g/mol. The van der Waals surface area contributed by atoms with E-state index in [1.54, 1.807) is 29.5 Å². The Morgan fingerprint density at radius 2 is 2.00 bits per heavy atom. The molecular weight excluding hydrogens is 404 g/mol. The molecule has 0 radical (unpaired) electrons. The van der Waals surface area contributed by atoms with Gasteiger partial charge in [0, 0.05) is 22.3 Å². The van der Waals surface area contributed by atoms with Gasteiger partial charge in [-0.3, -0.25) is 19.3 Å². The number of nitrogens with zero attached hydrogens (tertiary/aromatic N) is 1. The maximum Gasteiger partial charge on any atom is 0.261 e. The highest BCUT2D eigenvalue weighted by Crippen LogP contribution is 2.26. The molecule has 7 heteroatoms. The zero-order valence-corrected chi connectivity index (χ0v) is 16.0. The lowest BCUT2D eigenvalue weighted by molar-refractivity contribution is -0.121. The van der Waals surface area contributed by atoms with Gasteiger partial charge < -0.3 is 5.32 Å². The Morgan fingerprint density at radius 1 is 1.24 bits per heavy atom. The summed E-state index contributed by atoms with van der Waals surface area (Å²) < 4.78 is 0.760. The van der Waals surface area contributed by atoms with E-state index >= 15 is 0 Å². The first-order valence-electron chi connectivity index (χ1n) is 7.96. The predicted molar refractivity (Wildman–Crippen MR) is 99.6 cm³/mol. The molecule has 1 aromatic heterocycles. The molecular formula is C18H17BrN2O3S. The van der Waals surface area contributed by atoms with Gasteiger partial charge in [0.05, 0.1) is 17.2 Å². The van der Waals surface area contributed by atoms with Crippen molar-refractivity contribution in [2.24, 2.45) is 0 Å². The number of amides is 3. The molecule has 2 heterocycles. The van der Waals surface area contributed by atoms with E-state index in [4.69, 9.17) is 0 Å². The number of benzene rings is 1. The second-order valence-corrected chi connectivity index (χ2v) is 7.75. The third-order valence-electron chi connectivity index (χ3n) is 4.07. The van der Waals surface area contributed by atoms with Crippen molar-refractivity contribution in [3.05, 3.63) is 56.2 Å². The number of fused-ring (bicyclic) bond motifs is 1. The fourth-order valence-electron chi connectivity index (χ4n) is 2.79. The highest BCUT2D eigenvalue weighted by molar-refractivity contribution is 9.10. The molecule has 2 aromatic rings. The lowest BCUT2D eigenvalue weighted by Gasteiger charge is -2.15. The van der Waals surface area contributed by atoms with E-state index < -0.39 is 0 Å². The molecule has 25 heavy (non-hydrogen) atoms. The van der Waals surface area contributed by atoms with Gasteiger partial charge in [-0.05, 0) is 43.0 Å². The van der Waals surface area contributed by atoms with E-state index in [-0.39, 0.29) is 36.7 Å². The summed E-state index contributed by atoms with van der Waals surface area (Å²) in [6, 6.07) is 8.94. The Labute approximate surface area is 158 Å². The van der Waals surface area contributed by atoms with Crippen LogP contribution in [0.2, 0.25) is 0 Å². The van der Waals surface area contributed by atoms with Crippen LogP contribution in [0.4, 0.5) is 0 Å². The second kappa shape index (κ2) is 7.49. The lowest BCUT2D eigenvalue weighted by atomic mass is 10.1. The summed E-state index contributed by atoms with van der Waals surface area (Å²) in [6.07, 6.45) is 0.711. The zero-order valence-electron chi connectivity index (χ0n) is 13.6. The van der Waals surface area contributed by atoms with Crippen LogP contribution in [-0.4, -0.2) is 29.2 Å². The van der Waals surface area contributed by atoms with Crippen molar-refractivity contribution >= 4 is 45.0 Å². The summed E-state index contributed by atoms with van der Waals surface area (Å²) >= 11 is 4.90. The second-order valence-electron chi connectivity index (χ2n) is 5.86. The fourth-order valence-corrected chi connectivity index (χ4v) is 3.88. The van der Waals surface area contributed by atoms with Crippen molar-refractivity contribution in [1.82, 2.24) is 10.2 Å². The number of carbonyl (C=O) groups excluding carboxylic acids is 3. The smallest absolute Gasteiger partial charge is 0.261 e. The fraction of sp³-hybridized carbons (Fsp3) is 0.278. The molecule has 0 spiro atoms. The van der Waals surface area contributed by atoms with Crippen LogP contribution in [-0.2, 0) is 4.79 Å². The van der Waals surface area contributed by atoms with Gasteiger partial charge in [0.1, 0.15) is 0 Å². The maximum atomic E-state index is 12.4. The topological polar surface area (TPSA) is 66.5 Å². The third-order valence-corrected chi connectivity index (χ3v) is 5.61. The van der Waals surface area contributed by atoms with Gasteiger partial charge in [-0.1, -0.05) is 22.0 Å². The Hall–Kier alpha value is -1.99. The molecule has 1 N–H and O–H groups in total. The van der Waals surface area contributed by atoms with Crippen molar-refractivity contribution in [2.45, 2.75) is 25.8 Å². The molecule has 130 valence electrons. The Kier molecular flexibility index (Phi) is 5.34. The van der Waals surface area contributed by atoms with E-state index in [1.807, 2.05) is 24.4 Å². The minimum Gasteiger partial charge on any atom is -0.349 e. The third kappa shape index (κ3) is 3.82. The number of hydrogen-bond donors (Lipinski definition) is 1. The van der Waals surface area contributed by atoms with Gasteiger partial charge in [0.15, 0.2) is 0 Å². The molecule has 0 unspecified atom stereocenters. The number of thiophene rings is 1. The molecule has 5 nitrogen and oxygen atoms in total. The molecule has 1 aliphatic heterocycles. The molecule has 0 aliphatic carbocycles. The van der Waals surface area contributed by atoms with Crippen LogP contribution in [0.3, 0.4) is 0 Å². The van der Waals surface area contributed by atoms with Gasteiger partial charge in [-0.15, -0.1) is 11.3 Å². The molecule has 0 saturated carbocycles. The maximum absolute atomic E-state index is 12.4. The van der Waals surface area contributed by atoms with Gasteiger partial charge in [0.2, 0.25) is 5.91 Å². The standard InChI is InChI=1S/C18H17BrN2O3S/c1-11(15-4-3-9-25-15)20-16(22)5-2-8-21-17(23)13-7-6-12(19)10-14(13)18(21)24/h3-4,6-7,9-11H,2,5,8H2,1H3,(H,20,22)/t11-/m0/s1. The van der Waals surface area contributed by atoms with E-state index in [2.05, 4.69) is 21.2 Å². The molecule has 3 rings (SSSR count). The first-order valence-corrected chi connectivity index (χ1v) is 9.63. The highest BCUT2D eigenvalue weighted by Gasteiger charge is 2.35. The Morgan fingerprint density at radius 3 is 2.72 bits per heavy atom. The Bertz CT molecular complexity index is 820. The molecule has 0 bridgehead atoms. The number of rotatable bonds is 6. The summed E-state index contributed by atoms with van der Waals surface area (Å²) in [5.74, 6) is -0.672. The van der Waals surface area contributed by atoms with Crippen LogP contribution in [0.1, 0.15) is 51.4 Å². The summed E-state index contributed by atoms with van der Waals surface area (Å²) in [5.41, 5.74) is 0.833. The Balaban J connectivity index is 1.52. The molecule has 1 aromatic carbocycles. The van der Waals surface area contributed by atoms with E-state index in [1.165, 1.54) is 4.90 Å². The van der Waals surface area contributed by atoms with Gasteiger partial charge in [0.25, 0.3) is 11.8 Å². The minimum atomic E-state index is -0.298. The number of halogens is 1. The van der Waals surface area contributed by atoms with Crippen molar-refractivity contribution in [3.63, 3.8) is 0 Å². The average molecular weight is 421 g/mol. The van der Waals surface area contributed by atoms with E-state index in [0.29, 0.717) is 17.5 Å². The first kappa shape index (κ1) is 17.8. The normalized spacial score (nSPS) is 14.6. The first-order chi connectivity index (χ1) is 12.0. The number of nitrogens with one attached hydrogen (secondary N) is 1. The van der Waals surface area contributed by atoms with Crippen LogP contribution in [0.15, 0.2) is 40.2 Å². The van der Waals surface area contributed by atoms with Crippen LogP contribution in [0.25, 0.3) is 0 Å². The van der Waals surface area contributed by atoms with Crippen LogP contribution in [0.5, 0.6) is 0 Å². The summed E-state index contributed by atoms with van der Waals surface area (Å²) in [6.45, 7) is 2.18. The molecule has 3 amide bonds. The van der Waals surface area contributed by atoms with Crippen LogP contribution >= 0.6 is 27.3 Å². The highest BCUT2D eigenvalue weighted by atomic mass is 79.9. The largest absolute Gasteiger partial charge is 0.349 e. The van der Waals surface area contributed by atoms with Gasteiger partial charge >= 0.3 is 0 Å².